The molecule has 0 N–H and O–H groups in total. The van der Waals surface area contributed by atoms with E-state index < -0.39 is 0 Å². The molecule has 2 fully saturated rings. The Labute approximate surface area is 149 Å². The van der Waals surface area contributed by atoms with Crippen molar-refractivity contribution in [2.24, 2.45) is 11.8 Å². The van der Waals surface area contributed by atoms with E-state index in [0.717, 1.165) is 43.7 Å². The summed E-state index contributed by atoms with van der Waals surface area (Å²) in [6.07, 6.45) is 3.16. The lowest BCUT2D eigenvalue weighted by Gasteiger charge is -2.22. The number of hydrogen-bond acceptors (Lipinski definition) is 3. The number of benzene rings is 1. The van der Waals surface area contributed by atoms with Gasteiger partial charge in [-0.25, -0.2) is 0 Å². The average molecular weight is 344 g/mol. The molecule has 5 heteroatoms. The predicted octanol–water partition coefficient (Wildman–Crippen LogP) is 2.34. The Bertz CT molecular complexity index is 614. The summed E-state index contributed by atoms with van der Waals surface area (Å²) < 4.78 is 5.15. The monoisotopic (exact) mass is 344 g/mol. The molecule has 1 aliphatic carbocycles. The van der Waals surface area contributed by atoms with E-state index in [1.165, 1.54) is 0 Å². The Morgan fingerprint density at radius 2 is 1.72 bits per heavy atom. The van der Waals surface area contributed by atoms with Gasteiger partial charge in [0.2, 0.25) is 11.8 Å². The van der Waals surface area contributed by atoms with E-state index in [2.05, 4.69) is 6.92 Å². The van der Waals surface area contributed by atoms with Crippen molar-refractivity contribution in [3.63, 3.8) is 0 Å². The highest BCUT2D eigenvalue weighted by Gasteiger charge is 2.41. The minimum absolute atomic E-state index is 0.185. The molecule has 25 heavy (non-hydrogen) atoms. The number of carbonyl (C=O) groups excluding carboxylic acids is 2. The third-order valence-corrected chi connectivity index (χ3v) is 5.37. The lowest BCUT2D eigenvalue weighted by molar-refractivity contribution is -0.134. The van der Waals surface area contributed by atoms with Gasteiger partial charge < -0.3 is 14.5 Å². The molecule has 2 atom stereocenters. The van der Waals surface area contributed by atoms with Crippen molar-refractivity contribution in [2.45, 2.75) is 32.6 Å². The van der Waals surface area contributed by atoms with Crippen LogP contribution in [0.4, 0.5) is 0 Å². The number of aryl methyl sites for hydroxylation is 1. The van der Waals surface area contributed by atoms with Crippen LogP contribution in [0.5, 0.6) is 5.75 Å². The van der Waals surface area contributed by atoms with Gasteiger partial charge >= 0.3 is 0 Å². The van der Waals surface area contributed by atoms with Gasteiger partial charge in [0.05, 0.1) is 7.11 Å². The second kappa shape index (κ2) is 7.89. The molecular formula is C20H28N2O3. The average Bonchev–Trinajstić information content (AvgIpc) is 3.41. The number of rotatable bonds is 5. The first-order valence-electron chi connectivity index (χ1n) is 9.28. The van der Waals surface area contributed by atoms with Gasteiger partial charge in [-0.3, -0.25) is 9.59 Å². The van der Waals surface area contributed by atoms with Crippen molar-refractivity contribution < 1.29 is 14.3 Å². The highest BCUT2D eigenvalue weighted by molar-refractivity contribution is 5.82. The maximum Gasteiger partial charge on any atom is 0.226 e. The standard InChI is InChI=1S/C20H28N2O3/c1-15-14-18(15)20(24)22-11-3-10-21(12-13-22)19(23)9-6-16-4-7-17(25-2)8-5-16/h4-5,7-8,15,18H,3,6,9-14H2,1-2H3. The molecule has 1 saturated carbocycles. The predicted molar refractivity (Wildman–Crippen MR) is 96.4 cm³/mol. The minimum atomic E-state index is 0.185. The summed E-state index contributed by atoms with van der Waals surface area (Å²) in [4.78, 5) is 28.8. The van der Waals surface area contributed by atoms with E-state index in [0.29, 0.717) is 31.3 Å². The van der Waals surface area contributed by atoms with Gasteiger partial charge in [-0.05, 0) is 42.9 Å². The molecule has 3 rings (SSSR count). The van der Waals surface area contributed by atoms with Crippen molar-refractivity contribution in [3.05, 3.63) is 29.8 Å². The van der Waals surface area contributed by atoms with Crippen LogP contribution in [0.15, 0.2) is 24.3 Å². The van der Waals surface area contributed by atoms with E-state index in [4.69, 9.17) is 4.74 Å². The van der Waals surface area contributed by atoms with Crippen LogP contribution in [0.1, 0.15) is 31.7 Å². The van der Waals surface area contributed by atoms with Crippen LogP contribution in [0.3, 0.4) is 0 Å². The summed E-state index contributed by atoms with van der Waals surface area (Å²) in [6, 6.07) is 7.86. The van der Waals surface area contributed by atoms with Gasteiger partial charge in [0.25, 0.3) is 0 Å². The fraction of sp³-hybridized carbons (Fsp3) is 0.600. The lowest BCUT2D eigenvalue weighted by Crippen LogP contribution is -2.38. The Balaban J connectivity index is 1.46. The second-order valence-corrected chi connectivity index (χ2v) is 7.23. The summed E-state index contributed by atoms with van der Waals surface area (Å²) in [5.74, 6) is 2.08. The molecule has 1 aromatic carbocycles. The third kappa shape index (κ3) is 4.53. The Morgan fingerprint density at radius 3 is 2.36 bits per heavy atom. The summed E-state index contributed by atoms with van der Waals surface area (Å²) >= 11 is 0. The molecule has 1 heterocycles. The molecule has 136 valence electrons. The van der Waals surface area contributed by atoms with Gasteiger partial charge in [-0.15, -0.1) is 0 Å². The first-order valence-corrected chi connectivity index (χ1v) is 9.28. The molecule has 0 bridgehead atoms. The topological polar surface area (TPSA) is 49.9 Å². The van der Waals surface area contributed by atoms with Crippen LogP contribution in [0.25, 0.3) is 0 Å². The molecule has 0 aromatic heterocycles. The summed E-state index contributed by atoms with van der Waals surface area (Å²) in [6.45, 7) is 5.01. The molecule has 2 aliphatic rings. The molecule has 1 aromatic rings. The number of ether oxygens (including phenoxy) is 1. The minimum Gasteiger partial charge on any atom is -0.497 e. The van der Waals surface area contributed by atoms with Crippen molar-refractivity contribution >= 4 is 11.8 Å². The van der Waals surface area contributed by atoms with E-state index in [1.54, 1.807) is 7.11 Å². The Kier molecular flexibility index (Phi) is 5.61. The SMILES string of the molecule is COc1ccc(CCC(=O)N2CCCN(C(=O)C3CC3C)CC2)cc1. The number of hydrogen-bond donors (Lipinski definition) is 0. The highest BCUT2D eigenvalue weighted by Crippen LogP contribution is 2.39. The zero-order valence-electron chi connectivity index (χ0n) is 15.2. The summed E-state index contributed by atoms with van der Waals surface area (Å²) in [7, 11) is 1.65. The van der Waals surface area contributed by atoms with Gasteiger partial charge in [-0.1, -0.05) is 19.1 Å². The Morgan fingerprint density at radius 1 is 1.08 bits per heavy atom. The van der Waals surface area contributed by atoms with Crippen LogP contribution in [-0.4, -0.2) is 54.9 Å². The zero-order chi connectivity index (χ0) is 17.8. The third-order valence-electron chi connectivity index (χ3n) is 5.37. The molecule has 2 amide bonds. The van der Waals surface area contributed by atoms with Crippen molar-refractivity contribution in [1.29, 1.82) is 0 Å². The van der Waals surface area contributed by atoms with Crippen LogP contribution in [0.2, 0.25) is 0 Å². The van der Waals surface area contributed by atoms with E-state index in [1.807, 2.05) is 34.1 Å². The maximum absolute atomic E-state index is 12.5. The fourth-order valence-electron chi connectivity index (χ4n) is 3.49. The quantitative estimate of drug-likeness (QED) is 0.824. The van der Waals surface area contributed by atoms with E-state index >= 15 is 0 Å². The normalized spacial score (nSPS) is 23.1. The second-order valence-electron chi connectivity index (χ2n) is 7.23. The summed E-state index contributed by atoms with van der Waals surface area (Å²) in [5, 5.41) is 0. The van der Waals surface area contributed by atoms with Crippen LogP contribution >= 0.6 is 0 Å². The molecular weight excluding hydrogens is 316 g/mol. The Hall–Kier alpha value is -2.04. The van der Waals surface area contributed by atoms with Gasteiger partial charge in [-0.2, -0.15) is 0 Å². The molecule has 2 unspecified atom stereocenters. The van der Waals surface area contributed by atoms with Crippen LogP contribution in [-0.2, 0) is 16.0 Å². The first kappa shape index (κ1) is 17.8. The molecule has 1 aliphatic heterocycles. The van der Waals surface area contributed by atoms with Gasteiger partial charge in [0, 0.05) is 38.5 Å². The highest BCUT2D eigenvalue weighted by atomic mass is 16.5. The van der Waals surface area contributed by atoms with Crippen molar-refractivity contribution in [2.75, 3.05) is 33.3 Å². The molecule has 0 spiro atoms. The number of amides is 2. The molecule has 1 saturated heterocycles. The largest absolute Gasteiger partial charge is 0.497 e. The van der Waals surface area contributed by atoms with Gasteiger partial charge in [0.1, 0.15) is 5.75 Å². The number of methoxy groups -OCH3 is 1. The number of carbonyl (C=O) groups is 2. The fourth-order valence-corrected chi connectivity index (χ4v) is 3.49. The van der Waals surface area contributed by atoms with Crippen molar-refractivity contribution in [1.82, 2.24) is 9.80 Å². The van der Waals surface area contributed by atoms with Gasteiger partial charge in [0.15, 0.2) is 0 Å². The van der Waals surface area contributed by atoms with E-state index in [-0.39, 0.29) is 11.8 Å². The maximum atomic E-state index is 12.5. The van der Waals surface area contributed by atoms with Crippen LogP contribution in [0, 0.1) is 11.8 Å². The lowest BCUT2D eigenvalue weighted by atomic mass is 10.1. The molecule has 0 radical (unpaired) electrons. The van der Waals surface area contributed by atoms with Crippen molar-refractivity contribution in [3.8, 4) is 5.75 Å². The first-order chi connectivity index (χ1) is 12.1. The van der Waals surface area contributed by atoms with Crippen LogP contribution < -0.4 is 4.74 Å². The summed E-state index contributed by atoms with van der Waals surface area (Å²) in [5.41, 5.74) is 1.14. The smallest absolute Gasteiger partial charge is 0.226 e. The zero-order valence-corrected chi connectivity index (χ0v) is 15.2. The molecule has 5 nitrogen and oxygen atoms in total. The van der Waals surface area contributed by atoms with E-state index in [9.17, 15) is 9.59 Å². The number of nitrogens with zero attached hydrogens (tertiary/aromatic N) is 2.